The van der Waals surface area contributed by atoms with E-state index in [2.05, 4.69) is 5.32 Å². The minimum atomic E-state index is -0.853. The predicted molar refractivity (Wildman–Crippen MR) is 82.9 cm³/mol. The third kappa shape index (κ3) is 5.00. The summed E-state index contributed by atoms with van der Waals surface area (Å²) in [5, 5.41) is 13.0. The van der Waals surface area contributed by atoms with Crippen LogP contribution in [0.15, 0.2) is 18.2 Å². The van der Waals surface area contributed by atoms with Gasteiger partial charge in [-0.05, 0) is 46.0 Å². The van der Waals surface area contributed by atoms with Crippen molar-refractivity contribution < 1.29 is 9.90 Å². The highest BCUT2D eigenvalue weighted by molar-refractivity contribution is 6.33. The Labute approximate surface area is 124 Å². The van der Waals surface area contributed by atoms with Gasteiger partial charge in [-0.25, -0.2) is 0 Å². The summed E-state index contributed by atoms with van der Waals surface area (Å²) in [5.74, 6) is -0.168. The first-order valence-electron chi connectivity index (χ1n) is 6.38. The van der Waals surface area contributed by atoms with Crippen LogP contribution in [0, 0.1) is 0 Å². The second-order valence-corrected chi connectivity index (χ2v) is 6.04. The second kappa shape index (κ2) is 6.43. The molecule has 6 heteroatoms. The van der Waals surface area contributed by atoms with Crippen LogP contribution < -0.4 is 11.1 Å². The first-order valence-corrected chi connectivity index (χ1v) is 6.76. The van der Waals surface area contributed by atoms with Crippen molar-refractivity contribution in [1.82, 2.24) is 4.90 Å². The number of nitrogens with two attached hydrogens (primary N) is 1. The lowest BCUT2D eigenvalue weighted by Gasteiger charge is -2.29. The number of amides is 1. The Morgan fingerprint density at radius 3 is 2.65 bits per heavy atom. The zero-order valence-corrected chi connectivity index (χ0v) is 13.0. The molecular formula is C14H22ClN3O2. The molecule has 0 saturated carbocycles. The molecule has 1 aromatic carbocycles. The van der Waals surface area contributed by atoms with E-state index in [0.717, 1.165) is 0 Å². The number of benzene rings is 1. The average Bonchev–Trinajstić information content (AvgIpc) is 2.30. The highest BCUT2D eigenvalue weighted by Gasteiger charge is 2.23. The maximum absolute atomic E-state index is 12.1. The molecule has 0 aliphatic heterocycles. The van der Waals surface area contributed by atoms with Gasteiger partial charge in [0.1, 0.15) is 0 Å². The van der Waals surface area contributed by atoms with E-state index < -0.39 is 5.60 Å². The number of nitrogens with zero attached hydrogens (tertiary/aromatic N) is 1. The Balaban J connectivity index is 2.68. The normalized spacial score (nSPS) is 13.3. The molecule has 1 aromatic rings. The minimum absolute atomic E-state index is 0.168. The van der Waals surface area contributed by atoms with Gasteiger partial charge in [-0.3, -0.25) is 9.69 Å². The molecule has 0 aliphatic carbocycles. The third-order valence-corrected chi connectivity index (χ3v) is 3.28. The lowest BCUT2D eigenvalue weighted by Crippen LogP contribution is -2.46. The third-order valence-electron chi connectivity index (χ3n) is 2.94. The average molecular weight is 300 g/mol. The Bertz CT molecular complexity index is 486. The molecule has 20 heavy (non-hydrogen) atoms. The largest absolute Gasteiger partial charge is 0.397 e. The molecule has 5 nitrogen and oxygen atoms in total. The van der Waals surface area contributed by atoms with Crippen LogP contribution in [0.5, 0.6) is 0 Å². The van der Waals surface area contributed by atoms with Gasteiger partial charge in [-0.15, -0.1) is 0 Å². The number of carbonyl (C=O) groups is 1. The van der Waals surface area contributed by atoms with E-state index in [1.807, 2.05) is 0 Å². The molecule has 112 valence electrons. The summed E-state index contributed by atoms with van der Waals surface area (Å²) in [5.41, 5.74) is 5.85. The first-order chi connectivity index (χ1) is 9.10. The minimum Gasteiger partial charge on any atom is -0.397 e. The van der Waals surface area contributed by atoms with Crippen LogP contribution in [0.4, 0.5) is 11.4 Å². The van der Waals surface area contributed by atoms with E-state index in [4.69, 9.17) is 17.3 Å². The van der Waals surface area contributed by atoms with Crippen LogP contribution in [-0.2, 0) is 4.79 Å². The highest BCUT2D eigenvalue weighted by atomic mass is 35.5. The molecule has 0 spiro atoms. The molecule has 1 amide bonds. The van der Waals surface area contributed by atoms with E-state index in [9.17, 15) is 9.90 Å². The zero-order chi connectivity index (χ0) is 15.5. The number of nitrogens with one attached hydrogen (secondary N) is 1. The van der Waals surface area contributed by atoms with Crippen LogP contribution in [0.2, 0.25) is 5.02 Å². The quantitative estimate of drug-likeness (QED) is 0.726. The molecule has 0 saturated heterocycles. The van der Waals surface area contributed by atoms with E-state index in [-0.39, 0.29) is 11.9 Å². The molecule has 1 atom stereocenters. The van der Waals surface area contributed by atoms with Crippen LogP contribution >= 0.6 is 11.6 Å². The fourth-order valence-electron chi connectivity index (χ4n) is 1.82. The fraction of sp³-hybridized carbons (Fsp3) is 0.500. The Morgan fingerprint density at radius 1 is 1.55 bits per heavy atom. The zero-order valence-electron chi connectivity index (χ0n) is 12.3. The Hall–Kier alpha value is -1.30. The molecule has 1 rings (SSSR count). The first kappa shape index (κ1) is 16.8. The summed E-state index contributed by atoms with van der Waals surface area (Å²) in [7, 11) is 1.79. The van der Waals surface area contributed by atoms with Crippen molar-refractivity contribution >= 4 is 28.9 Å². The maximum atomic E-state index is 12.1. The van der Waals surface area contributed by atoms with Crippen molar-refractivity contribution in [2.75, 3.05) is 24.6 Å². The van der Waals surface area contributed by atoms with Crippen molar-refractivity contribution in [2.45, 2.75) is 32.4 Å². The number of halogens is 1. The topological polar surface area (TPSA) is 78.6 Å². The molecule has 0 radical (unpaired) electrons. The SMILES string of the molecule is CC(C(=O)Nc1ccc(Cl)c(N)c1)N(C)CC(C)(C)O. The van der Waals surface area contributed by atoms with Gasteiger partial charge < -0.3 is 16.2 Å². The standard InChI is InChI=1S/C14H22ClN3O2/c1-9(18(4)8-14(2,3)20)13(19)17-10-5-6-11(15)12(16)7-10/h5-7,9,20H,8,16H2,1-4H3,(H,17,19). The van der Waals surface area contributed by atoms with Gasteiger partial charge in [0.25, 0.3) is 0 Å². The van der Waals surface area contributed by atoms with Gasteiger partial charge in [0.2, 0.25) is 5.91 Å². The van der Waals surface area contributed by atoms with E-state index in [1.54, 1.807) is 50.9 Å². The van der Waals surface area contributed by atoms with Gasteiger partial charge in [0.15, 0.2) is 0 Å². The lowest BCUT2D eigenvalue weighted by molar-refractivity contribution is -0.121. The molecular weight excluding hydrogens is 278 g/mol. The van der Waals surface area contributed by atoms with Crippen molar-refractivity contribution in [1.29, 1.82) is 0 Å². The summed E-state index contributed by atoms with van der Waals surface area (Å²) < 4.78 is 0. The lowest BCUT2D eigenvalue weighted by atomic mass is 10.1. The summed E-state index contributed by atoms with van der Waals surface area (Å²) in [6, 6.07) is 4.57. The Morgan fingerprint density at radius 2 is 2.15 bits per heavy atom. The summed E-state index contributed by atoms with van der Waals surface area (Å²) in [4.78, 5) is 13.9. The molecule has 0 bridgehead atoms. The van der Waals surface area contributed by atoms with E-state index in [1.165, 1.54) is 0 Å². The van der Waals surface area contributed by atoms with Gasteiger partial charge in [0, 0.05) is 12.2 Å². The number of aliphatic hydroxyl groups is 1. The van der Waals surface area contributed by atoms with Gasteiger partial charge in [-0.1, -0.05) is 11.6 Å². The monoisotopic (exact) mass is 299 g/mol. The van der Waals surface area contributed by atoms with Gasteiger partial charge in [0.05, 0.1) is 22.4 Å². The number of hydrogen-bond acceptors (Lipinski definition) is 4. The number of rotatable bonds is 5. The van der Waals surface area contributed by atoms with Crippen molar-refractivity contribution in [3.63, 3.8) is 0 Å². The number of carbonyl (C=O) groups excluding carboxylic acids is 1. The molecule has 0 aromatic heterocycles. The molecule has 1 unspecified atom stereocenters. The van der Waals surface area contributed by atoms with Crippen LogP contribution in [-0.4, -0.2) is 41.1 Å². The molecule has 0 aliphatic rings. The maximum Gasteiger partial charge on any atom is 0.241 e. The number of likely N-dealkylation sites (N-methyl/N-ethyl adjacent to an activating group) is 1. The summed E-state index contributed by atoms with van der Waals surface area (Å²) in [6.07, 6.45) is 0. The van der Waals surface area contributed by atoms with Crippen LogP contribution in [0.25, 0.3) is 0 Å². The van der Waals surface area contributed by atoms with Crippen LogP contribution in [0.1, 0.15) is 20.8 Å². The number of nitrogen functional groups attached to an aromatic ring is 1. The van der Waals surface area contributed by atoms with Crippen molar-refractivity contribution in [3.8, 4) is 0 Å². The van der Waals surface area contributed by atoms with Crippen LogP contribution in [0.3, 0.4) is 0 Å². The van der Waals surface area contributed by atoms with E-state index in [0.29, 0.717) is 22.9 Å². The second-order valence-electron chi connectivity index (χ2n) is 5.63. The van der Waals surface area contributed by atoms with Crippen molar-refractivity contribution in [2.24, 2.45) is 0 Å². The summed E-state index contributed by atoms with van der Waals surface area (Å²) in [6.45, 7) is 5.58. The molecule has 0 fully saturated rings. The van der Waals surface area contributed by atoms with Gasteiger partial charge >= 0.3 is 0 Å². The van der Waals surface area contributed by atoms with E-state index >= 15 is 0 Å². The number of hydrogen-bond donors (Lipinski definition) is 3. The van der Waals surface area contributed by atoms with Crippen molar-refractivity contribution in [3.05, 3.63) is 23.2 Å². The van der Waals surface area contributed by atoms with Gasteiger partial charge in [-0.2, -0.15) is 0 Å². The predicted octanol–water partition coefficient (Wildman–Crippen LogP) is 1.95. The Kier molecular flexibility index (Phi) is 5.39. The smallest absolute Gasteiger partial charge is 0.241 e. The number of anilines is 2. The molecule has 4 N–H and O–H groups in total. The molecule has 0 heterocycles. The fourth-order valence-corrected chi connectivity index (χ4v) is 1.93. The highest BCUT2D eigenvalue weighted by Crippen LogP contribution is 2.22. The summed E-state index contributed by atoms with van der Waals surface area (Å²) >= 11 is 5.83.